The van der Waals surface area contributed by atoms with Crippen LogP contribution >= 0.6 is 0 Å². The zero-order valence-corrected chi connectivity index (χ0v) is 8.81. The molecule has 1 aromatic heterocycles. The number of nitrogens with one attached hydrogen (secondary N) is 1. The first kappa shape index (κ1) is 11.2. The summed E-state index contributed by atoms with van der Waals surface area (Å²) in [7, 11) is 0. The maximum absolute atomic E-state index is 12.6. The van der Waals surface area contributed by atoms with Crippen molar-refractivity contribution in [3.05, 3.63) is 53.7 Å². The summed E-state index contributed by atoms with van der Waals surface area (Å²) in [6.07, 6.45) is 1.18. The van der Waals surface area contributed by atoms with Crippen LogP contribution < -0.4 is 5.32 Å². The predicted octanol–water partition coefficient (Wildman–Crippen LogP) is 2.73. The van der Waals surface area contributed by atoms with Crippen molar-refractivity contribution < 1.29 is 18.7 Å². The highest BCUT2D eigenvalue weighted by molar-refractivity contribution is 5.87. The predicted molar refractivity (Wildman–Crippen MR) is 59.4 cm³/mol. The van der Waals surface area contributed by atoms with Crippen LogP contribution in [0.3, 0.4) is 0 Å². The Bertz CT molecular complexity index is 519. The Balaban J connectivity index is 1.97. The highest BCUT2D eigenvalue weighted by atomic mass is 19.1. The molecule has 0 amide bonds. The molecule has 2 N–H and O–H groups in total. The highest BCUT2D eigenvalue weighted by Crippen LogP contribution is 2.12. The normalized spacial score (nSPS) is 10.2. The van der Waals surface area contributed by atoms with Crippen molar-refractivity contribution in [1.29, 1.82) is 0 Å². The summed E-state index contributed by atoms with van der Waals surface area (Å²) in [5.41, 5.74) is 0.848. The van der Waals surface area contributed by atoms with E-state index >= 15 is 0 Å². The minimum atomic E-state index is -1.03. The largest absolute Gasteiger partial charge is 0.478 e. The van der Waals surface area contributed by atoms with Crippen LogP contribution in [0.4, 0.5) is 10.1 Å². The van der Waals surface area contributed by atoms with E-state index in [-0.39, 0.29) is 11.4 Å². The Morgan fingerprint density at radius 1 is 1.35 bits per heavy atom. The number of rotatable bonds is 4. The molecule has 2 aromatic rings. The minimum absolute atomic E-state index is 0.112. The molecule has 0 bridgehead atoms. The lowest BCUT2D eigenvalue weighted by Gasteiger charge is -2.03. The van der Waals surface area contributed by atoms with Gasteiger partial charge in [-0.25, -0.2) is 9.18 Å². The maximum Gasteiger partial charge on any atom is 0.338 e. The fraction of sp³-hybridized carbons (Fsp3) is 0.0833. The minimum Gasteiger partial charge on any atom is -0.478 e. The van der Waals surface area contributed by atoms with E-state index in [1.165, 1.54) is 24.5 Å². The lowest BCUT2D eigenvalue weighted by atomic mass is 10.3. The number of anilines is 1. The van der Waals surface area contributed by atoms with E-state index in [1.54, 1.807) is 12.1 Å². The second kappa shape index (κ2) is 4.69. The molecular weight excluding hydrogens is 225 g/mol. The van der Waals surface area contributed by atoms with Crippen LogP contribution in [0, 0.1) is 5.82 Å². The standard InChI is InChI=1S/C12H10FNO3/c13-9-1-3-10(4-2-9)14-6-11-5-8(7-17-11)12(15)16/h1-5,7,14H,6H2,(H,15,16). The molecule has 17 heavy (non-hydrogen) atoms. The van der Waals surface area contributed by atoms with Crippen molar-refractivity contribution in [3.8, 4) is 0 Å². The summed E-state index contributed by atoms with van der Waals surface area (Å²) in [6.45, 7) is 0.346. The second-order valence-corrected chi connectivity index (χ2v) is 3.47. The molecule has 0 unspecified atom stereocenters. The van der Waals surface area contributed by atoms with E-state index in [0.29, 0.717) is 12.3 Å². The third-order valence-electron chi connectivity index (χ3n) is 2.21. The molecule has 88 valence electrons. The van der Waals surface area contributed by atoms with Gasteiger partial charge in [-0.2, -0.15) is 0 Å². The molecule has 2 rings (SSSR count). The third kappa shape index (κ3) is 2.84. The SMILES string of the molecule is O=C(O)c1coc(CNc2ccc(F)cc2)c1. The van der Waals surface area contributed by atoms with Gasteiger partial charge >= 0.3 is 5.97 Å². The molecule has 0 aliphatic rings. The van der Waals surface area contributed by atoms with Crippen molar-refractivity contribution in [1.82, 2.24) is 0 Å². The zero-order valence-electron chi connectivity index (χ0n) is 8.81. The Morgan fingerprint density at radius 2 is 2.06 bits per heavy atom. The summed E-state index contributed by atoms with van der Waals surface area (Å²) < 4.78 is 17.7. The summed E-state index contributed by atoms with van der Waals surface area (Å²) >= 11 is 0. The number of hydrogen-bond donors (Lipinski definition) is 2. The Labute approximate surface area is 96.7 Å². The topological polar surface area (TPSA) is 62.5 Å². The quantitative estimate of drug-likeness (QED) is 0.855. The first-order chi connectivity index (χ1) is 8.15. The van der Waals surface area contributed by atoms with Gasteiger partial charge in [0.15, 0.2) is 0 Å². The van der Waals surface area contributed by atoms with Crippen LogP contribution in [0.1, 0.15) is 16.1 Å². The molecule has 5 heteroatoms. The van der Waals surface area contributed by atoms with Crippen LogP contribution in [-0.2, 0) is 6.54 Å². The van der Waals surface area contributed by atoms with Gasteiger partial charge in [-0.15, -0.1) is 0 Å². The van der Waals surface area contributed by atoms with Gasteiger partial charge in [-0.3, -0.25) is 0 Å². The molecule has 1 heterocycles. The zero-order chi connectivity index (χ0) is 12.3. The van der Waals surface area contributed by atoms with E-state index in [2.05, 4.69) is 5.32 Å². The summed E-state index contributed by atoms with van der Waals surface area (Å²) in [6, 6.07) is 7.31. The molecule has 0 aliphatic heterocycles. The van der Waals surface area contributed by atoms with Gasteiger partial charge in [0, 0.05) is 5.69 Å². The summed E-state index contributed by atoms with van der Waals surface area (Å²) in [4.78, 5) is 10.6. The molecule has 0 aliphatic carbocycles. The van der Waals surface area contributed by atoms with E-state index in [1.807, 2.05) is 0 Å². The number of carbonyl (C=O) groups is 1. The van der Waals surface area contributed by atoms with Crippen molar-refractivity contribution in [2.75, 3.05) is 5.32 Å². The van der Waals surface area contributed by atoms with Gasteiger partial charge in [-0.1, -0.05) is 0 Å². The third-order valence-corrected chi connectivity index (χ3v) is 2.21. The Kier molecular flexibility index (Phi) is 3.09. The average Bonchev–Trinajstić information content (AvgIpc) is 2.77. The van der Waals surface area contributed by atoms with Crippen molar-refractivity contribution >= 4 is 11.7 Å². The molecule has 0 saturated heterocycles. The smallest absolute Gasteiger partial charge is 0.338 e. The second-order valence-electron chi connectivity index (χ2n) is 3.47. The molecule has 0 fully saturated rings. The van der Waals surface area contributed by atoms with Crippen LogP contribution in [0.5, 0.6) is 0 Å². The van der Waals surface area contributed by atoms with E-state index in [4.69, 9.17) is 9.52 Å². The van der Waals surface area contributed by atoms with Crippen molar-refractivity contribution in [2.45, 2.75) is 6.54 Å². The number of carboxylic acid groups (broad SMARTS) is 1. The number of hydrogen-bond acceptors (Lipinski definition) is 3. The summed E-state index contributed by atoms with van der Waals surface area (Å²) in [5, 5.41) is 11.7. The molecular formula is C12H10FNO3. The molecule has 0 radical (unpaired) electrons. The van der Waals surface area contributed by atoms with E-state index in [9.17, 15) is 9.18 Å². The Morgan fingerprint density at radius 3 is 2.65 bits per heavy atom. The number of benzene rings is 1. The summed E-state index contributed by atoms with van der Waals surface area (Å²) in [5.74, 6) is -0.824. The van der Waals surface area contributed by atoms with Crippen LogP contribution in [-0.4, -0.2) is 11.1 Å². The number of furan rings is 1. The average molecular weight is 235 g/mol. The fourth-order valence-corrected chi connectivity index (χ4v) is 1.34. The lowest BCUT2D eigenvalue weighted by molar-refractivity contribution is 0.0696. The lowest BCUT2D eigenvalue weighted by Crippen LogP contribution is -1.98. The van der Waals surface area contributed by atoms with Crippen molar-refractivity contribution in [2.24, 2.45) is 0 Å². The molecule has 1 aromatic carbocycles. The van der Waals surface area contributed by atoms with Crippen LogP contribution in [0.25, 0.3) is 0 Å². The van der Waals surface area contributed by atoms with Gasteiger partial charge in [-0.05, 0) is 30.3 Å². The van der Waals surface area contributed by atoms with Gasteiger partial charge in [0.2, 0.25) is 0 Å². The van der Waals surface area contributed by atoms with Gasteiger partial charge in [0.1, 0.15) is 17.8 Å². The molecule has 0 atom stereocenters. The van der Waals surface area contributed by atoms with E-state index < -0.39 is 5.97 Å². The molecule has 0 spiro atoms. The van der Waals surface area contributed by atoms with E-state index in [0.717, 1.165) is 5.69 Å². The van der Waals surface area contributed by atoms with Gasteiger partial charge < -0.3 is 14.8 Å². The number of halogens is 1. The van der Waals surface area contributed by atoms with Gasteiger partial charge in [0.25, 0.3) is 0 Å². The van der Waals surface area contributed by atoms with Crippen molar-refractivity contribution in [3.63, 3.8) is 0 Å². The van der Waals surface area contributed by atoms with Crippen LogP contribution in [0.15, 0.2) is 41.0 Å². The molecule has 0 saturated carbocycles. The monoisotopic (exact) mass is 235 g/mol. The first-order valence-corrected chi connectivity index (χ1v) is 4.95. The molecule has 4 nitrogen and oxygen atoms in total. The Hall–Kier alpha value is -2.30. The number of aromatic carboxylic acids is 1. The maximum atomic E-state index is 12.6. The van der Waals surface area contributed by atoms with Gasteiger partial charge in [0.05, 0.1) is 12.1 Å². The highest BCUT2D eigenvalue weighted by Gasteiger charge is 2.07. The fourth-order valence-electron chi connectivity index (χ4n) is 1.34. The number of carboxylic acids is 1. The van der Waals surface area contributed by atoms with Crippen LogP contribution in [0.2, 0.25) is 0 Å². The first-order valence-electron chi connectivity index (χ1n) is 4.95.